The number of esters is 1. The number of nitrogens with zero attached hydrogens (tertiary/aromatic N) is 2. The van der Waals surface area contributed by atoms with Crippen molar-refractivity contribution in [3.05, 3.63) is 105 Å². The molecule has 9 nitrogen and oxygen atoms in total. The first-order valence-electron chi connectivity index (χ1n) is 12.8. The van der Waals surface area contributed by atoms with Gasteiger partial charge in [-0.1, -0.05) is 41.4 Å². The zero-order chi connectivity index (χ0) is 28.1. The smallest absolute Gasteiger partial charge is 0.338 e. The summed E-state index contributed by atoms with van der Waals surface area (Å²) in [5.74, 6) is -0.937. The molecule has 2 fully saturated rings. The Morgan fingerprint density at radius 2 is 1.73 bits per heavy atom. The molecule has 2 bridgehead atoms. The summed E-state index contributed by atoms with van der Waals surface area (Å²) in [7, 11) is 0. The summed E-state index contributed by atoms with van der Waals surface area (Å²) >= 11 is 6.07. The third-order valence-electron chi connectivity index (χ3n) is 7.90. The van der Waals surface area contributed by atoms with Crippen molar-refractivity contribution in [3.63, 3.8) is 0 Å². The maximum absolute atomic E-state index is 13.1. The SMILES string of the molecule is CC1=C[C@H]2C[C@H]1[C@H]1C(=O)N(c3ccc(C(=O)OCc4ccc(Oc5c(Cl)cccc5[N+](=O)[O-])cc4)cc3)C(=O)[C@@H]12. The Bertz CT molecular complexity index is 1580. The highest BCUT2D eigenvalue weighted by molar-refractivity contribution is 6.32. The summed E-state index contributed by atoms with van der Waals surface area (Å²) in [6, 6.07) is 17.0. The van der Waals surface area contributed by atoms with Gasteiger partial charge < -0.3 is 9.47 Å². The number of ether oxygens (including phenoxy) is 2. The van der Waals surface area contributed by atoms with E-state index in [4.69, 9.17) is 21.1 Å². The summed E-state index contributed by atoms with van der Waals surface area (Å²) < 4.78 is 11.0. The highest BCUT2D eigenvalue weighted by Crippen LogP contribution is 2.55. The van der Waals surface area contributed by atoms with Gasteiger partial charge in [0.25, 0.3) is 0 Å². The maximum atomic E-state index is 13.1. The Balaban J connectivity index is 1.07. The lowest BCUT2D eigenvalue weighted by molar-refractivity contribution is -0.385. The van der Waals surface area contributed by atoms with Crippen LogP contribution in [0.4, 0.5) is 11.4 Å². The topological polar surface area (TPSA) is 116 Å². The first-order chi connectivity index (χ1) is 19.2. The molecule has 1 aliphatic heterocycles. The highest BCUT2D eigenvalue weighted by atomic mass is 35.5. The number of nitro groups is 1. The Morgan fingerprint density at radius 1 is 1.02 bits per heavy atom. The van der Waals surface area contributed by atoms with E-state index in [2.05, 4.69) is 6.08 Å². The third-order valence-corrected chi connectivity index (χ3v) is 8.20. The van der Waals surface area contributed by atoms with Crippen molar-refractivity contribution in [1.82, 2.24) is 0 Å². The van der Waals surface area contributed by atoms with Crippen LogP contribution in [0, 0.1) is 33.8 Å². The van der Waals surface area contributed by atoms with Crippen molar-refractivity contribution in [1.29, 1.82) is 0 Å². The lowest BCUT2D eigenvalue weighted by Gasteiger charge is -2.19. The van der Waals surface area contributed by atoms with E-state index in [0.29, 0.717) is 17.0 Å². The first kappa shape index (κ1) is 25.8. The second kappa shape index (κ2) is 9.91. The fourth-order valence-corrected chi connectivity index (χ4v) is 6.23. The van der Waals surface area contributed by atoms with Gasteiger partial charge in [-0.15, -0.1) is 0 Å². The monoisotopic (exact) mass is 558 g/mol. The summed E-state index contributed by atoms with van der Waals surface area (Å²) in [4.78, 5) is 50.8. The van der Waals surface area contributed by atoms with Crippen LogP contribution in [0.1, 0.15) is 29.3 Å². The van der Waals surface area contributed by atoms with Gasteiger partial charge in [0.15, 0.2) is 0 Å². The van der Waals surface area contributed by atoms with Gasteiger partial charge >= 0.3 is 11.7 Å². The van der Waals surface area contributed by atoms with E-state index in [-0.39, 0.29) is 64.1 Å². The van der Waals surface area contributed by atoms with Gasteiger partial charge in [0.05, 0.1) is 33.0 Å². The minimum atomic E-state index is -0.574. The van der Waals surface area contributed by atoms with Crippen LogP contribution >= 0.6 is 11.6 Å². The zero-order valence-corrected chi connectivity index (χ0v) is 22.0. The van der Waals surface area contributed by atoms with Crippen LogP contribution in [0.2, 0.25) is 5.02 Å². The number of anilines is 1. The van der Waals surface area contributed by atoms with E-state index in [0.717, 1.165) is 6.42 Å². The number of imide groups is 1. The number of carbonyl (C=O) groups is 3. The molecule has 0 spiro atoms. The van der Waals surface area contributed by atoms with Gasteiger partial charge in [-0.25, -0.2) is 4.79 Å². The number of fused-ring (bicyclic) bond motifs is 5. The molecule has 1 saturated carbocycles. The van der Waals surface area contributed by atoms with Crippen LogP contribution in [0.5, 0.6) is 11.5 Å². The van der Waals surface area contributed by atoms with Crippen molar-refractivity contribution in [3.8, 4) is 11.5 Å². The van der Waals surface area contributed by atoms with Gasteiger partial charge in [0.2, 0.25) is 17.6 Å². The molecule has 3 aromatic carbocycles. The molecule has 4 atom stereocenters. The highest BCUT2D eigenvalue weighted by Gasteiger charge is 2.60. The number of nitro benzene ring substituents is 1. The lowest BCUT2D eigenvalue weighted by Crippen LogP contribution is -2.32. The number of para-hydroxylation sites is 1. The molecule has 202 valence electrons. The normalized spacial score (nSPS) is 22.8. The zero-order valence-electron chi connectivity index (χ0n) is 21.3. The van der Waals surface area contributed by atoms with Crippen molar-refractivity contribution in [2.24, 2.45) is 23.7 Å². The molecule has 0 N–H and O–H groups in total. The molecule has 2 aliphatic carbocycles. The number of amides is 2. The Labute approximate surface area is 234 Å². The first-order valence-corrected chi connectivity index (χ1v) is 13.1. The van der Waals surface area contributed by atoms with Crippen LogP contribution in [0.25, 0.3) is 0 Å². The van der Waals surface area contributed by atoms with Crippen LogP contribution < -0.4 is 9.64 Å². The van der Waals surface area contributed by atoms with E-state index < -0.39 is 10.9 Å². The van der Waals surface area contributed by atoms with E-state index in [1.165, 1.54) is 40.8 Å². The van der Waals surface area contributed by atoms with Crippen molar-refractivity contribution in [2.75, 3.05) is 4.90 Å². The van der Waals surface area contributed by atoms with E-state index in [9.17, 15) is 24.5 Å². The van der Waals surface area contributed by atoms with Crippen molar-refractivity contribution >= 4 is 40.8 Å². The fraction of sp³-hybridized carbons (Fsp3) is 0.233. The van der Waals surface area contributed by atoms with E-state index >= 15 is 0 Å². The molecule has 3 aliphatic rings. The fourth-order valence-electron chi connectivity index (χ4n) is 6.02. The molecule has 0 unspecified atom stereocenters. The minimum absolute atomic E-state index is 0.0192. The Kier molecular flexibility index (Phi) is 6.38. The number of rotatable bonds is 7. The van der Waals surface area contributed by atoms with Crippen molar-refractivity contribution in [2.45, 2.75) is 20.0 Å². The van der Waals surface area contributed by atoms with Crippen LogP contribution in [0.15, 0.2) is 78.4 Å². The molecular formula is C30H23ClN2O7. The van der Waals surface area contributed by atoms with Gasteiger partial charge in [-0.05, 0) is 73.2 Å². The molecule has 1 heterocycles. The predicted octanol–water partition coefficient (Wildman–Crippen LogP) is 6.10. The largest absolute Gasteiger partial charge is 0.457 e. The van der Waals surface area contributed by atoms with Crippen LogP contribution in [-0.4, -0.2) is 22.7 Å². The average Bonchev–Trinajstić information content (AvgIpc) is 3.59. The number of benzene rings is 3. The van der Waals surface area contributed by atoms with Crippen LogP contribution in [-0.2, 0) is 20.9 Å². The van der Waals surface area contributed by atoms with Crippen molar-refractivity contribution < 1.29 is 28.8 Å². The Morgan fingerprint density at radius 3 is 2.42 bits per heavy atom. The van der Waals surface area contributed by atoms with E-state index in [1.54, 1.807) is 36.4 Å². The number of hydrogen-bond acceptors (Lipinski definition) is 7. The summed E-state index contributed by atoms with van der Waals surface area (Å²) in [6.45, 7) is 2.01. The van der Waals surface area contributed by atoms with E-state index in [1.807, 2.05) is 6.92 Å². The quantitative estimate of drug-likeness (QED) is 0.113. The minimum Gasteiger partial charge on any atom is -0.457 e. The molecule has 0 radical (unpaired) electrons. The molecule has 0 aromatic heterocycles. The maximum Gasteiger partial charge on any atom is 0.338 e. The lowest BCUT2D eigenvalue weighted by atomic mass is 9.82. The third kappa shape index (κ3) is 4.32. The summed E-state index contributed by atoms with van der Waals surface area (Å²) in [5.41, 5.74) is 2.35. The molecule has 6 rings (SSSR count). The van der Waals surface area contributed by atoms with Gasteiger partial charge in [-0.2, -0.15) is 0 Å². The molecule has 40 heavy (non-hydrogen) atoms. The molecule has 10 heteroatoms. The van der Waals surface area contributed by atoms with Gasteiger partial charge in [0.1, 0.15) is 12.4 Å². The number of hydrogen-bond donors (Lipinski definition) is 0. The molecule has 1 saturated heterocycles. The summed E-state index contributed by atoms with van der Waals surface area (Å²) in [5, 5.41) is 11.4. The number of carbonyl (C=O) groups excluding carboxylic acids is 3. The molecular weight excluding hydrogens is 536 g/mol. The Hall–Kier alpha value is -4.50. The van der Waals surface area contributed by atoms with Gasteiger partial charge in [-0.3, -0.25) is 24.6 Å². The molecule has 3 aromatic rings. The van der Waals surface area contributed by atoms with Crippen LogP contribution in [0.3, 0.4) is 0 Å². The molecule has 2 amide bonds. The van der Waals surface area contributed by atoms with Gasteiger partial charge in [0, 0.05) is 6.07 Å². The second-order valence-electron chi connectivity index (χ2n) is 10.2. The second-order valence-corrected chi connectivity index (χ2v) is 10.6. The number of halogens is 1. The predicted molar refractivity (Wildman–Crippen MR) is 145 cm³/mol. The average molecular weight is 559 g/mol. The standard InChI is InChI=1S/C30H23ClN2O7/c1-16-13-19-14-22(16)26-25(19)28(34)32(29(26)35)20-9-7-18(8-10-20)30(36)39-15-17-5-11-21(12-6-17)40-27-23(31)3-2-4-24(27)33(37)38/h2-13,19,22,25-26H,14-15H2,1H3/t19-,22+,25+,26+/m0/s1. The number of allylic oxidation sites excluding steroid dienone is 2. The summed E-state index contributed by atoms with van der Waals surface area (Å²) in [6.07, 6.45) is 3.00.